The van der Waals surface area contributed by atoms with E-state index in [1.165, 1.54) is 12.1 Å². The highest BCUT2D eigenvalue weighted by molar-refractivity contribution is 5.27. The van der Waals surface area contributed by atoms with Crippen molar-refractivity contribution < 1.29 is 13.9 Å². The Morgan fingerprint density at radius 3 is 2.52 bits per heavy atom. The standard InChI is InChI=1S/C16H20F2N2O/c1-3-13-9-14(20(4-2)19-13)10-15(21)11-6-5-7-12(8-11)16(17)18/h5-9,15-16,21H,3-4,10H2,1-2H3. The maximum Gasteiger partial charge on any atom is 0.263 e. The molecule has 0 amide bonds. The van der Waals surface area contributed by atoms with Crippen LogP contribution in [0, 0.1) is 0 Å². The lowest BCUT2D eigenvalue weighted by Crippen LogP contribution is -2.08. The van der Waals surface area contributed by atoms with Crippen molar-refractivity contribution in [2.24, 2.45) is 0 Å². The predicted octanol–water partition coefficient (Wildman–Crippen LogP) is 3.68. The quantitative estimate of drug-likeness (QED) is 0.882. The Labute approximate surface area is 123 Å². The zero-order valence-corrected chi connectivity index (χ0v) is 12.3. The van der Waals surface area contributed by atoms with Crippen LogP contribution in [0.25, 0.3) is 0 Å². The van der Waals surface area contributed by atoms with Gasteiger partial charge in [-0.05, 0) is 31.0 Å². The maximum absolute atomic E-state index is 12.7. The van der Waals surface area contributed by atoms with Crippen LogP contribution in [0.15, 0.2) is 30.3 Å². The fourth-order valence-electron chi connectivity index (χ4n) is 2.34. The smallest absolute Gasteiger partial charge is 0.263 e. The van der Waals surface area contributed by atoms with Gasteiger partial charge < -0.3 is 5.11 Å². The molecule has 1 heterocycles. The van der Waals surface area contributed by atoms with Crippen molar-refractivity contribution in [3.05, 3.63) is 52.8 Å². The number of hydrogen-bond acceptors (Lipinski definition) is 2. The zero-order valence-electron chi connectivity index (χ0n) is 12.3. The van der Waals surface area contributed by atoms with Gasteiger partial charge in [-0.3, -0.25) is 4.68 Å². The van der Waals surface area contributed by atoms with Gasteiger partial charge in [0.1, 0.15) is 0 Å². The van der Waals surface area contributed by atoms with Gasteiger partial charge in [0.2, 0.25) is 0 Å². The van der Waals surface area contributed by atoms with Gasteiger partial charge in [0.05, 0.1) is 11.8 Å². The number of hydrogen-bond donors (Lipinski definition) is 1. The van der Waals surface area contributed by atoms with Crippen LogP contribution >= 0.6 is 0 Å². The summed E-state index contributed by atoms with van der Waals surface area (Å²) in [4.78, 5) is 0. The highest BCUT2D eigenvalue weighted by Crippen LogP contribution is 2.24. The second-order valence-corrected chi connectivity index (χ2v) is 4.99. The molecular weight excluding hydrogens is 274 g/mol. The molecule has 1 unspecified atom stereocenters. The molecule has 5 heteroatoms. The molecular formula is C16H20F2N2O. The van der Waals surface area contributed by atoms with Crippen LogP contribution in [-0.4, -0.2) is 14.9 Å². The Kier molecular flexibility index (Phi) is 5.07. The van der Waals surface area contributed by atoms with Crippen molar-refractivity contribution in [2.75, 3.05) is 0 Å². The average Bonchev–Trinajstić information content (AvgIpc) is 2.89. The molecule has 0 saturated carbocycles. The van der Waals surface area contributed by atoms with Gasteiger partial charge in [-0.15, -0.1) is 0 Å². The molecule has 0 bridgehead atoms. The molecule has 0 fully saturated rings. The largest absolute Gasteiger partial charge is 0.388 e. The molecule has 3 nitrogen and oxygen atoms in total. The third-order valence-corrected chi connectivity index (χ3v) is 3.53. The molecule has 0 spiro atoms. The van der Waals surface area contributed by atoms with E-state index in [0.717, 1.165) is 24.4 Å². The monoisotopic (exact) mass is 294 g/mol. The summed E-state index contributed by atoms with van der Waals surface area (Å²) in [6.45, 7) is 4.73. The third-order valence-electron chi connectivity index (χ3n) is 3.53. The highest BCUT2D eigenvalue weighted by Gasteiger charge is 2.15. The summed E-state index contributed by atoms with van der Waals surface area (Å²) in [5.41, 5.74) is 2.34. The summed E-state index contributed by atoms with van der Waals surface area (Å²) >= 11 is 0. The van der Waals surface area contributed by atoms with E-state index in [-0.39, 0.29) is 5.56 Å². The molecule has 21 heavy (non-hydrogen) atoms. The van der Waals surface area contributed by atoms with Gasteiger partial charge in [0.15, 0.2) is 0 Å². The molecule has 1 aromatic heterocycles. The number of aryl methyl sites for hydroxylation is 2. The van der Waals surface area contributed by atoms with Gasteiger partial charge in [-0.1, -0.05) is 25.1 Å². The summed E-state index contributed by atoms with van der Waals surface area (Å²) < 4.78 is 27.3. The van der Waals surface area contributed by atoms with Crippen molar-refractivity contribution in [1.29, 1.82) is 0 Å². The van der Waals surface area contributed by atoms with Crippen LogP contribution in [0.4, 0.5) is 8.78 Å². The van der Waals surface area contributed by atoms with E-state index < -0.39 is 12.5 Å². The van der Waals surface area contributed by atoms with Gasteiger partial charge >= 0.3 is 0 Å². The Morgan fingerprint density at radius 2 is 1.90 bits per heavy atom. The summed E-state index contributed by atoms with van der Waals surface area (Å²) in [6.07, 6.45) is -2.13. The van der Waals surface area contributed by atoms with Crippen molar-refractivity contribution >= 4 is 0 Å². The first kappa shape index (κ1) is 15.6. The third kappa shape index (κ3) is 3.67. The van der Waals surface area contributed by atoms with E-state index in [0.29, 0.717) is 12.0 Å². The summed E-state index contributed by atoms with van der Waals surface area (Å²) in [5, 5.41) is 14.7. The molecule has 114 valence electrons. The summed E-state index contributed by atoms with van der Waals surface area (Å²) in [5.74, 6) is 0. The zero-order chi connectivity index (χ0) is 15.4. The van der Waals surface area contributed by atoms with E-state index in [4.69, 9.17) is 0 Å². The van der Waals surface area contributed by atoms with E-state index in [1.807, 2.05) is 24.6 Å². The fraction of sp³-hybridized carbons (Fsp3) is 0.438. The minimum atomic E-state index is -2.52. The van der Waals surface area contributed by atoms with Crippen LogP contribution < -0.4 is 0 Å². The Hall–Kier alpha value is -1.75. The average molecular weight is 294 g/mol. The molecule has 0 radical (unpaired) electrons. The van der Waals surface area contributed by atoms with E-state index in [9.17, 15) is 13.9 Å². The second-order valence-electron chi connectivity index (χ2n) is 4.99. The number of rotatable bonds is 6. The normalized spacial score (nSPS) is 12.9. The SMILES string of the molecule is CCc1cc(CC(O)c2cccc(C(F)F)c2)n(CC)n1. The van der Waals surface area contributed by atoms with Crippen molar-refractivity contribution in [3.8, 4) is 0 Å². The molecule has 1 aromatic carbocycles. The minimum Gasteiger partial charge on any atom is -0.388 e. The van der Waals surface area contributed by atoms with Crippen molar-refractivity contribution in [1.82, 2.24) is 9.78 Å². The molecule has 1 N–H and O–H groups in total. The van der Waals surface area contributed by atoms with Gasteiger partial charge in [0, 0.05) is 24.2 Å². The number of aliphatic hydroxyl groups excluding tert-OH is 1. The molecule has 0 aliphatic carbocycles. The van der Waals surface area contributed by atoms with Gasteiger partial charge in [-0.25, -0.2) is 8.78 Å². The molecule has 2 rings (SSSR count). The molecule has 2 aromatic rings. The maximum atomic E-state index is 12.7. The molecule has 1 atom stereocenters. The first-order chi connectivity index (χ1) is 10.0. The second kappa shape index (κ2) is 6.80. The fourth-order valence-corrected chi connectivity index (χ4v) is 2.34. The van der Waals surface area contributed by atoms with Crippen LogP contribution in [0.3, 0.4) is 0 Å². The minimum absolute atomic E-state index is 0.0650. The van der Waals surface area contributed by atoms with Crippen LogP contribution in [0.1, 0.15) is 48.9 Å². The number of aromatic nitrogens is 2. The first-order valence-electron chi connectivity index (χ1n) is 7.16. The number of halogens is 2. The van der Waals surface area contributed by atoms with E-state index in [2.05, 4.69) is 5.10 Å². The summed E-state index contributed by atoms with van der Waals surface area (Å²) in [6, 6.07) is 7.91. The number of alkyl halides is 2. The Morgan fingerprint density at radius 1 is 1.19 bits per heavy atom. The van der Waals surface area contributed by atoms with Crippen molar-refractivity contribution in [2.45, 2.75) is 45.8 Å². The summed E-state index contributed by atoms with van der Waals surface area (Å²) in [7, 11) is 0. The van der Waals surface area contributed by atoms with Crippen molar-refractivity contribution in [3.63, 3.8) is 0 Å². The van der Waals surface area contributed by atoms with Gasteiger partial charge in [-0.2, -0.15) is 5.10 Å². The highest BCUT2D eigenvalue weighted by atomic mass is 19.3. The lowest BCUT2D eigenvalue weighted by molar-refractivity contribution is 0.149. The topological polar surface area (TPSA) is 38.0 Å². The van der Waals surface area contributed by atoms with E-state index in [1.54, 1.807) is 12.1 Å². The Balaban J connectivity index is 2.19. The number of aliphatic hydroxyl groups is 1. The molecule has 0 aliphatic rings. The lowest BCUT2D eigenvalue weighted by Gasteiger charge is -2.13. The van der Waals surface area contributed by atoms with Crippen LogP contribution in [-0.2, 0) is 19.4 Å². The number of nitrogens with zero attached hydrogens (tertiary/aromatic N) is 2. The lowest BCUT2D eigenvalue weighted by atomic mass is 10.0. The molecule has 0 saturated heterocycles. The van der Waals surface area contributed by atoms with E-state index >= 15 is 0 Å². The van der Waals surface area contributed by atoms with Crippen LogP contribution in [0.5, 0.6) is 0 Å². The van der Waals surface area contributed by atoms with Crippen LogP contribution in [0.2, 0.25) is 0 Å². The molecule has 0 aliphatic heterocycles. The Bertz CT molecular complexity index is 596. The predicted molar refractivity (Wildman–Crippen MR) is 77.3 cm³/mol. The first-order valence-corrected chi connectivity index (χ1v) is 7.16. The number of benzene rings is 1. The van der Waals surface area contributed by atoms with Gasteiger partial charge in [0.25, 0.3) is 6.43 Å².